The number of sulfonamides is 1. The molecule has 0 radical (unpaired) electrons. The van der Waals surface area contributed by atoms with E-state index in [9.17, 15) is 8.42 Å². The standard InChI is InChI=1S/C13H22N2O2S2/c1-3-13(5-4-6-13)10-15-19(16,17)12-7-11(8-14-2)18-9-12/h7,9,14-15H,3-6,8,10H2,1-2H3. The SMILES string of the molecule is CCC1(CNS(=O)(=O)c2csc(CNC)c2)CCC1. The maximum absolute atomic E-state index is 12.2. The number of hydrogen-bond acceptors (Lipinski definition) is 4. The van der Waals surface area contributed by atoms with Crippen LogP contribution >= 0.6 is 11.3 Å². The lowest BCUT2D eigenvalue weighted by Crippen LogP contribution is -2.41. The van der Waals surface area contributed by atoms with Gasteiger partial charge in [-0.2, -0.15) is 0 Å². The molecule has 1 aromatic rings. The van der Waals surface area contributed by atoms with E-state index in [1.807, 2.05) is 7.05 Å². The second-order valence-corrected chi connectivity index (χ2v) is 8.07. The van der Waals surface area contributed by atoms with Gasteiger partial charge in [-0.1, -0.05) is 13.3 Å². The van der Waals surface area contributed by atoms with Crippen molar-refractivity contribution < 1.29 is 8.42 Å². The molecule has 1 heterocycles. The largest absolute Gasteiger partial charge is 0.315 e. The summed E-state index contributed by atoms with van der Waals surface area (Å²) < 4.78 is 27.2. The van der Waals surface area contributed by atoms with Gasteiger partial charge in [-0.05, 0) is 37.8 Å². The van der Waals surface area contributed by atoms with E-state index < -0.39 is 10.0 Å². The van der Waals surface area contributed by atoms with Crippen LogP contribution in [0.4, 0.5) is 0 Å². The van der Waals surface area contributed by atoms with Crippen LogP contribution in [0.5, 0.6) is 0 Å². The summed E-state index contributed by atoms with van der Waals surface area (Å²) in [5.41, 5.74) is 0.205. The van der Waals surface area contributed by atoms with E-state index in [1.54, 1.807) is 11.4 Å². The molecule has 2 N–H and O–H groups in total. The predicted molar refractivity (Wildman–Crippen MR) is 78.8 cm³/mol. The summed E-state index contributed by atoms with van der Waals surface area (Å²) in [5, 5.41) is 4.74. The smallest absolute Gasteiger partial charge is 0.241 e. The summed E-state index contributed by atoms with van der Waals surface area (Å²) in [6.07, 6.45) is 4.55. The van der Waals surface area contributed by atoms with Gasteiger partial charge in [0.25, 0.3) is 0 Å². The number of thiophene rings is 1. The van der Waals surface area contributed by atoms with Gasteiger partial charge in [0.05, 0.1) is 4.90 Å². The molecule has 0 atom stereocenters. The molecule has 1 aliphatic carbocycles. The minimum absolute atomic E-state index is 0.205. The maximum atomic E-state index is 12.2. The molecule has 0 aromatic carbocycles. The van der Waals surface area contributed by atoms with Crippen molar-refractivity contribution in [2.24, 2.45) is 5.41 Å². The fourth-order valence-corrected chi connectivity index (χ4v) is 4.88. The first-order valence-corrected chi connectivity index (χ1v) is 9.09. The van der Waals surface area contributed by atoms with Crippen molar-refractivity contribution >= 4 is 21.4 Å². The molecule has 108 valence electrons. The average molecular weight is 302 g/mol. The first-order chi connectivity index (χ1) is 9.01. The van der Waals surface area contributed by atoms with Crippen LogP contribution in [0, 0.1) is 5.41 Å². The molecule has 0 unspecified atom stereocenters. The van der Waals surface area contributed by atoms with E-state index in [0.717, 1.165) is 24.1 Å². The third-order valence-corrected chi connectivity index (χ3v) is 6.56. The van der Waals surface area contributed by atoms with E-state index >= 15 is 0 Å². The lowest BCUT2D eigenvalue weighted by atomic mass is 9.67. The summed E-state index contributed by atoms with van der Waals surface area (Å²) in [7, 11) is -1.49. The lowest BCUT2D eigenvalue weighted by Gasteiger charge is -2.41. The summed E-state index contributed by atoms with van der Waals surface area (Å²) >= 11 is 1.48. The molecule has 0 bridgehead atoms. The number of nitrogens with one attached hydrogen (secondary N) is 2. The molecule has 1 aromatic heterocycles. The van der Waals surface area contributed by atoms with Gasteiger partial charge in [-0.25, -0.2) is 13.1 Å². The lowest BCUT2D eigenvalue weighted by molar-refractivity contribution is 0.133. The van der Waals surface area contributed by atoms with E-state index in [4.69, 9.17) is 0 Å². The quantitative estimate of drug-likeness (QED) is 0.813. The van der Waals surface area contributed by atoms with Crippen LogP contribution in [0.15, 0.2) is 16.3 Å². The van der Waals surface area contributed by atoms with E-state index in [0.29, 0.717) is 18.0 Å². The van der Waals surface area contributed by atoms with Gasteiger partial charge in [0, 0.05) is 23.3 Å². The Morgan fingerprint density at radius 2 is 2.16 bits per heavy atom. The Morgan fingerprint density at radius 1 is 1.42 bits per heavy atom. The zero-order valence-corrected chi connectivity index (χ0v) is 13.2. The highest BCUT2D eigenvalue weighted by atomic mass is 32.2. The third kappa shape index (κ3) is 3.37. The van der Waals surface area contributed by atoms with Gasteiger partial charge in [0.1, 0.15) is 0 Å². The van der Waals surface area contributed by atoms with Crippen LogP contribution in [0.3, 0.4) is 0 Å². The van der Waals surface area contributed by atoms with Crippen molar-refractivity contribution in [3.8, 4) is 0 Å². The van der Waals surface area contributed by atoms with Crippen molar-refractivity contribution in [3.05, 3.63) is 16.3 Å². The van der Waals surface area contributed by atoms with Crippen LogP contribution < -0.4 is 10.0 Å². The van der Waals surface area contributed by atoms with Gasteiger partial charge in [0.2, 0.25) is 10.0 Å². The average Bonchev–Trinajstić information content (AvgIpc) is 2.78. The Labute approximate surface area is 119 Å². The Bertz CT molecular complexity index is 513. The molecule has 0 amide bonds. The molecule has 1 aliphatic rings. The molecule has 0 saturated heterocycles. The fraction of sp³-hybridized carbons (Fsp3) is 0.692. The summed E-state index contributed by atoms with van der Waals surface area (Å²) in [5.74, 6) is 0. The van der Waals surface area contributed by atoms with Crippen molar-refractivity contribution in [3.63, 3.8) is 0 Å². The van der Waals surface area contributed by atoms with Crippen molar-refractivity contribution in [1.29, 1.82) is 0 Å². The molecular weight excluding hydrogens is 280 g/mol. The Kier molecular flexibility index (Phi) is 4.66. The van der Waals surface area contributed by atoms with Gasteiger partial charge in [0.15, 0.2) is 0 Å². The summed E-state index contributed by atoms with van der Waals surface area (Å²) in [6, 6.07) is 1.75. The van der Waals surface area contributed by atoms with Crippen LogP contribution in [0.1, 0.15) is 37.5 Å². The molecule has 0 aliphatic heterocycles. The molecule has 4 nitrogen and oxygen atoms in total. The monoisotopic (exact) mass is 302 g/mol. The van der Waals surface area contributed by atoms with Gasteiger partial charge in [-0.3, -0.25) is 0 Å². The van der Waals surface area contributed by atoms with Crippen molar-refractivity contribution in [1.82, 2.24) is 10.0 Å². The second kappa shape index (κ2) is 5.91. The zero-order chi connectivity index (χ0) is 13.9. The normalized spacial score (nSPS) is 18.2. The first kappa shape index (κ1) is 15.0. The van der Waals surface area contributed by atoms with E-state index in [2.05, 4.69) is 17.0 Å². The van der Waals surface area contributed by atoms with Gasteiger partial charge >= 0.3 is 0 Å². The highest BCUT2D eigenvalue weighted by Gasteiger charge is 2.36. The minimum Gasteiger partial charge on any atom is -0.315 e. The summed E-state index contributed by atoms with van der Waals surface area (Å²) in [6.45, 7) is 3.42. The molecule has 6 heteroatoms. The fourth-order valence-electron chi connectivity index (χ4n) is 2.43. The Morgan fingerprint density at radius 3 is 2.68 bits per heavy atom. The molecule has 19 heavy (non-hydrogen) atoms. The molecule has 1 fully saturated rings. The first-order valence-electron chi connectivity index (χ1n) is 6.73. The molecule has 1 saturated carbocycles. The Hall–Kier alpha value is -0.430. The minimum atomic E-state index is -3.34. The molecule has 2 rings (SSSR count). The third-order valence-electron chi connectivity index (χ3n) is 4.09. The molecule has 0 spiro atoms. The number of rotatable bonds is 7. The maximum Gasteiger partial charge on any atom is 0.241 e. The topological polar surface area (TPSA) is 58.2 Å². The zero-order valence-electron chi connectivity index (χ0n) is 11.5. The Balaban J connectivity index is 2.01. The van der Waals surface area contributed by atoms with Gasteiger partial charge < -0.3 is 5.32 Å². The number of hydrogen-bond donors (Lipinski definition) is 2. The van der Waals surface area contributed by atoms with Crippen LogP contribution in [-0.2, 0) is 16.6 Å². The highest BCUT2D eigenvalue weighted by molar-refractivity contribution is 7.89. The molecular formula is C13H22N2O2S2. The van der Waals surface area contributed by atoms with Crippen LogP contribution in [0.25, 0.3) is 0 Å². The van der Waals surface area contributed by atoms with Crippen molar-refractivity contribution in [2.75, 3.05) is 13.6 Å². The highest BCUT2D eigenvalue weighted by Crippen LogP contribution is 2.43. The second-order valence-electron chi connectivity index (χ2n) is 5.31. The summed E-state index contributed by atoms with van der Waals surface area (Å²) in [4.78, 5) is 1.44. The van der Waals surface area contributed by atoms with E-state index in [-0.39, 0.29) is 5.41 Å². The van der Waals surface area contributed by atoms with Crippen molar-refractivity contribution in [2.45, 2.75) is 44.0 Å². The van der Waals surface area contributed by atoms with E-state index in [1.165, 1.54) is 17.8 Å². The van der Waals surface area contributed by atoms with Crippen LogP contribution in [0.2, 0.25) is 0 Å². The van der Waals surface area contributed by atoms with Crippen LogP contribution in [-0.4, -0.2) is 22.0 Å². The van der Waals surface area contributed by atoms with Gasteiger partial charge in [-0.15, -0.1) is 11.3 Å². The predicted octanol–water partition coefficient (Wildman–Crippen LogP) is 2.33.